The van der Waals surface area contributed by atoms with E-state index in [-0.39, 0.29) is 11.9 Å². The van der Waals surface area contributed by atoms with Crippen molar-refractivity contribution in [1.29, 1.82) is 0 Å². The van der Waals surface area contributed by atoms with Crippen LogP contribution >= 0.6 is 0 Å². The van der Waals surface area contributed by atoms with Crippen molar-refractivity contribution in [1.82, 2.24) is 9.55 Å². The molecule has 35 heavy (non-hydrogen) atoms. The number of para-hydroxylation sites is 1. The van der Waals surface area contributed by atoms with Crippen molar-refractivity contribution in [3.05, 3.63) is 71.2 Å². The highest BCUT2D eigenvalue weighted by Gasteiger charge is 2.71. The molecule has 0 aliphatic heterocycles. The molecule has 186 valence electrons. The summed E-state index contributed by atoms with van der Waals surface area (Å²) in [6.07, 6.45) is -6.18. The molecule has 4 rings (SSSR count). The first-order valence-electron chi connectivity index (χ1n) is 10.3. The maximum Gasteiger partial charge on any atom is 0.455 e. The van der Waals surface area contributed by atoms with Gasteiger partial charge in [-0.2, -0.15) is 26.3 Å². The highest BCUT2D eigenvalue weighted by atomic mass is 19.4. The molecule has 1 atom stereocenters. The summed E-state index contributed by atoms with van der Waals surface area (Å²) >= 11 is 0. The lowest BCUT2D eigenvalue weighted by atomic mass is 9.99. The molecule has 2 aromatic carbocycles. The van der Waals surface area contributed by atoms with E-state index in [9.17, 15) is 26.3 Å². The van der Waals surface area contributed by atoms with Crippen LogP contribution in [0.25, 0.3) is 22.4 Å². The zero-order valence-electron chi connectivity index (χ0n) is 18.8. The fourth-order valence-electron chi connectivity index (χ4n) is 3.84. The molecular weight excluding hydrogens is 478 g/mol. The number of aliphatic hydroxyl groups is 1. The van der Waals surface area contributed by atoms with Crippen LogP contribution in [0.1, 0.15) is 22.7 Å². The maximum atomic E-state index is 14.3. The fourth-order valence-corrected chi connectivity index (χ4v) is 3.84. The number of ether oxygens (including phenoxy) is 1. The molecule has 11 heteroatoms. The third-order valence-corrected chi connectivity index (χ3v) is 5.80. The maximum absolute atomic E-state index is 14.3. The highest BCUT2D eigenvalue weighted by molar-refractivity contribution is 5.82. The van der Waals surface area contributed by atoms with Gasteiger partial charge in [-0.3, -0.25) is 0 Å². The minimum absolute atomic E-state index is 0.142. The number of aromatic nitrogens is 2. The molecule has 0 saturated heterocycles. The third-order valence-electron chi connectivity index (χ3n) is 5.80. The van der Waals surface area contributed by atoms with Gasteiger partial charge in [0.25, 0.3) is 0 Å². The predicted molar refractivity (Wildman–Crippen MR) is 115 cm³/mol. The number of nitrogens with zero attached hydrogens (tertiary/aromatic N) is 2. The molecule has 0 radical (unpaired) electrons. The number of hydrogen-bond acceptors (Lipinski definition) is 4. The van der Waals surface area contributed by atoms with Crippen molar-refractivity contribution < 1.29 is 40.6 Å². The fraction of sp³-hybridized carbons (Fsp3) is 0.292. The van der Waals surface area contributed by atoms with Gasteiger partial charge < -0.3 is 18.8 Å². The Morgan fingerprint density at radius 3 is 2.34 bits per heavy atom. The van der Waals surface area contributed by atoms with E-state index in [4.69, 9.17) is 14.3 Å². The van der Waals surface area contributed by atoms with Crippen LogP contribution in [0.15, 0.2) is 52.9 Å². The lowest BCUT2D eigenvalue weighted by Gasteiger charge is -2.30. The summed E-state index contributed by atoms with van der Waals surface area (Å²) in [6.45, 7) is 3.56. The van der Waals surface area contributed by atoms with Crippen LogP contribution < -0.4 is 4.74 Å². The SMILES string of the molecule is COc1ccccc1-c1nc(Cn2c(C)cc3cc(C(F)(F)C(O)(F)C(F)(F)F)ccc32)c(C)o1. The van der Waals surface area contributed by atoms with Gasteiger partial charge >= 0.3 is 18.0 Å². The molecule has 5 nitrogen and oxygen atoms in total. The number of alkyl halides is 6. The van der Waals surface area contributed by atoms with E-state index in [1.54, 1.807) is 42.7 Å². The van der Waals surface area contributed by atoms with E-state index in [0.717, 1.165) is 12.1 Å². The summed E-state index contributed by atoms with van der Waals surface area (Å²) in [5.41, 5.74) is 0.857. The topological polar surface area (TPSA) is 60.4 Å². The van der Waals surface area contributed by atoms with Gasteiger partial charge in [0.2, 0.25) is 5.89 Å². The van der Waals surface area contributed by atoms with E-state index in [1.165, 1.54) is 13.2 Å². The molecule has 0 spiro atoms. The summed E-state index contributed by atoms with van der Waals surface area (Å²) in [5, 5.41) is 9.09. The second-order valence-electron chi connectivity index (χ2n) is 8.06. The number of fused-ring (bicyclic) bond motifs is 1. The first-order valence-corrected chi connectivity index (χ1v) is 10.3. The van der Waals surface area contributed by atoms with Gasteiger partial charge in [0.15, 0.2) is 0 Å². The van der Waals surface area contributed by atoms with Crippen molar-refractivity contribution in [2.24, 2.45) is 0 Å². The molecule has 4 aromatic rings. The number of oxazole rings is 1. The Morgan fingerprint density at radius 1 is 1.00 bits per heavy atom. The third kappa shape index (κ3) is 4.03. The van der Waals surface area contributed by atoms with Gasteiger partial charge in [-0.15, -0.1) is 0 Å². The average Bonchev–Trinajstić information content (AvgIpc) is 3.31. The molecule has 0 fully saturated rings. The first-order chi connectivity index (χ1) is 16.3. The Kier molecular flexibility index (Phi) is 5.87. The monoisotopic (exact) mass is 498 g/mol. The zero-order valence-corrected chi connectivity index (χ0v) is 18.8. The zero-order chi connectivity index (χ0) is 25.8. The van der Waals surface area contributed by atoms with Crippen LogP contribution in [0.4, 0.5) is 26.3 Å². The Labute approximate surface area is 195 Å². The van der Waals surface area contributed by atoms with E-state index < -0.39 is 23.5 Å². The Morgan fingerprint density at radius 2 is 1.69 bits per heavy atom. The molecule has 2 heterocycles. The summed E-state index contributed by atoms with van der Waals surface area (Å²) in [5.74, 6) is -9.56. The lowest BCUT2D eigenvalue weighted by Crippen LogP contribution is -2.53. The van der Waals surface area contributed by atoms with Crippen molar-refractivity contribution >= 4 is 10.9 Å². The van der Waals surface area contributed by atoms with Crippen molar-refractivity contribution in [3.8, 4) is 17.2 Å². The summed E-state index contributed by atoms with van der Waals surface area (Å²) < 4.78 is 93.3. The predicted octanol–water partition coefficient (Wildman–Crippen LogP) is 6.28. The molecule has 0 bridgehead atoms. The van der Waals surface area contributed by atoms with Crippen LogP contribution in [0.3, 0.4) is 0 Å². The largest absolute Gasteiger partial charge is 0.496 e. The minimum Gasteiger partial charge on any atom is -0.496 e. The highest BCUT2D eigenvalue weighted by Crippen LogP contribution is 2.49. The van der Waals surface area contributed by atoms with Gasteiger partial charge in [0.1, 0.15) is 17.2 Å². The number of rotatable bonds is 6. The van der Waals surface area contributed by atoms with Crippen molar-refractivity contribution in [2.45, 2.75) is 38.3 Å². The number of halogens is 6. The number of benzene rings is 2. The van der Waals surface area contributed by atoms with Gasteiger partial charge in [-0.05, 0) is 44.2 Å². The molecular formula is C24H20F6N2O3. The van der Waals surface area contributed by atoms with Gasteiger partial charge in [0, 0.05) is 22.2 Å². The van der Waals surface area contributed by atoms with Crippen LogP contribution in [-0.2, 0) is 12.5 Å². The Hall–Kier alpha value is -3.47. The van der Waals surface area contributed by atoms with Crippen LogP contribution in [0.2, 0.25) is 0 Å². The summed E-state index contributed by atoms with van der Waals surface area (Å²) in [6, 6.07) is 11.1. The van der Waals surface area contributed by atoms with Gasteiger partial charge in [-0.25, -0.2) is 4.98 Å². The number of methoxy groups -OCH3 is 1. The number of aryl methyl sites for hydroxylation is 2. The Bertz CT molecular complexity index is 1390. The van der Waals surface area contributed by atoms with E-state index in [0.29, 0.717) is 45.9 Å². The lowest BCUT2D eigenvalue weighted by molar-refractivity contribution is -0.390. The molecule has 2 aromatic heterocycles. The number of hydrogen-bond donors (Lipinski definition) is 1. The molecule has 1 N–H and O–H groups in total. The smallest absolute Gasteiger partial charge is 0.455 e. The molecule has 0 aliphatic carbocycles. The van der Waals surface area contributed by atoms with E-state index >= 15 is 0 Å². The average molecular weight is 498 g/mol. The molecule has 1 unspecified atom stereocenters. The van der Waals surface area contributed by atoms with Gasteiger partial charge in [-0.1, -0.05) is 18.2 Å². The molecule has 0 amide bonds. The normalized spacial score (nSPS) is 14.3. The first kappa shape index (κ1) is 24.6. The van der Waals surface area contributed by atoms with E-state index in [1.807, 2.05) is 0 Å². The van der Waals surface area contributed by atoms with Gasteiger partial charge in [0.05, 0.1) is 19.2 Å². The second kappa shape index (κ2) is 8.33. The van der Waals surface area contributed by atoms with Crippen LogP contribution in [0.5, 0.6) is 5.75 Å². The second-order valence-corrected chi connectivity index (χ2v) is 8.06. The quantitative estimate of drug-likeness (QED) is 0.318. The summed E-state index contributed by atoms with van der Waals surface area (Å²) in [4.78, 5) is 4.53. The summed E-state index contributed by atoms with van der Waals surface area (Å²) in [7, 11) is 1.51. The molecule has 0 aliphatic rings. The van der Waals surface area contributed by atoms with Crippen molar-refractivity contribution in [3.63, 3.8) is 0 Å². The molecule has 0 saturated carbocycles. The Balaban J connectivity index is 1.71. The van der Waals surface area contributed by atoms with Crippen LogP contribution in [-0.4, -0.2) is 33.8 Å². The minimum atomic E-state index is -6.18. The van der Waals surface area contributed by atoms with Crippen LogP contribution in [0, 0.1) is 13.8 Å². The standard InChI is InChI=1S/C24H20F6N2O3/c1-13-10-15-11-16(22(25,26)23(27,33)24(28,29)30)8-9-19(15)32(13)12-18-14(2)35-21(31-18)17-6-4-5-7-20(17)34-3/h4-11,33H,12H2,1-3H3. The van der Waals surface area contributed by atoms with E-state index in [2.05, 4.69) is 4.98 Å². The van der Waals surface area contributed by atoms with Crippen molar-refractivity contribution in [2.75, 3.05) is 7.11 Å².